The maximum Gasteiger partial charge on any atom is 0.326 e. The third-order valence-electron chi connectivity index (χ3n) is 1.82. The lowest BCUT2D eigenvalue weighted by molar-refractivity contribution is -0.141. The minimum atomic E-state index is -0.971. The third kappa shape index (κ3) is 1.53. The Kier molecular flexibility index (Phi) is 2.17. The Morgan fingerprint density at radius 1 is 1.55 bits per heavy atom. The van der Waals surface area contributed by atoms with Crippen LogP contribution in [0.5, 0.6) is 0 Å². The number of carbonyl (C=O) groups is 2. The molecule has 1 heterocycles. The number of aliphatic carboxylic acids is 1. The molecule has 1 N–H and O–H groups in total. The number of rotatable bonds is 1. The summed E-state index contributed by atoms with van der Waals surface area (Å²) in [5.41, 5.74) is 0. The van der Waals surface area contributed by atoms with Gasteiger partial charge in [-0.3, -0.25) is 4.79 Å². The van der Waals surface area contributed by atoms with E-state index in [-0.39, 0.29) is 0 Å². The molecule has 0 aliphatic carbocycles. The van der Waals surface area contributed by atoms with Crippen molar-refractivity contribution in [3.8, 4) is 0 Å². The number of hydrogen-bond donors (Lipinski definition) is 1. The summed E-state index contributed by atoms with van der Waals surface area (Å²) in [5.74, 6) is -1.61. The number of likely N-dealkylation sites (tertiary alicyclic amines) is 1. The molecule has 58 valence electrons. The van der Waals surface area contributed by atoms with Crippen LogP contribution in [0.1, 0.15) is 12.8 Å². The van der Waals surface area contributed by atoms with Gasteiger partial charge < -0.3 is 10.0 Å². The summed E-state index contributed by atoms with van der Waals surface area (Å²) in [5, 5.41) is 8.58. The zero-order valence-corrected chi connectivity index (χ0v) is 5.99. The van der Waals surface area contributed by atoms with Crippen molar-refractivity contribution in [1.29, 1.82) is 0 Å². The van der Waals surface area contributed by atoms with Crippen molar-refractivity contribution in [2.24, 2.45) is 0 Å². The predicted octanol–water partition coefficient (Wildman–Crippen LogP) is -0.176. The van der Waals surface area contributed by atoms with Crippen LogP contribution in [0.3, 0.4) is 0 Å². The van der Waals surface area contributed by atoms with Gasteiger partial charge in [0.05, 0.1) is 0 Å². The number of carbonyl (C=O) groups excluding carboxylic acids is 1. The molecule has 5 heteroatoms. The molecule has 0 aromatic rings. The lowest BCUT2D eigenvalue weighted by Gasteiger charge is -2.19. The molecule has 1 amide bonds. The van der Waals surface area contributed by atoms with Gasteiger partial charge in [-0.2, -0.15) is 0 Å². The lowest BCUT2D eigenvalue weighted by Crippen LogP contribution is -2.39. The molecule has 1 aliphatic rings. The fourth-order valence-corrected chi connectivity index (χ4v) is 1.29. The Hall–Kier alpha value is -0.995. The first-order chi connectivity index (χ1) is 5.13. The van der Waals surface area contributed by atoms with E-state index in [1.165, 1.54) is 4.90 Å². The van der Waals surface area contributed by atoms with Gasteiger partial charge in [-0.15, -0.1) is 0 Å². The number of hydrogen-bond acceptors (Lipinski definition) is 2. The molecule has 0 saturated carbocycles. The molecule has 4 nitrogen and oxygen atoms in total. The van der Waals surface area contributed by atoms with Gasteiger partial charge in [0.15, 0.2) is 5.81 Å². The first-order valence-electron chi connectivity index (χ1n) is 3.42. The highest BCUT2D eigenvalue weighted by Gasteiger charge is 2.31. The predicted molar refractivity (Wildman–Crippen MR) is 38.5 cm³/mol. The van der Waals surface area contributed by atoms with Crippen LogP contribution in [0, 0.1) is 0 Å². The van der Waals surface area contributed by atoms with Gasteiger partial charge in [0.25, 0.3) is 0 Å². The van der Waals surface area contributed by atoms with Crippen LogP contribution >= 0.6 is 0 Å². The maximum absolute atomic E-state index is 10.6. The SMILES string of the molecule is [B]C(=O)N1CCCC1C(=O)O. The first-order valence-corrected chi connectivity index (χ1v) is 3.42. The summed E-state index contributed by atoms with van der Waals surface area (Å²) in [4.78, 5) is 22.3. The molecule has 1 rings (SSSR count). The topological polar surface area (TPSA) is 57.6 Å². The monoisotopic (exact) mass is 153 g/mol. The number of carboxylic acids is 1. The van der Waals surface area contributed by atoms with Gasteiger partial charge in [-0.05, 0) is 12.8 Å². The van der Waals surface area contributed by atoms with Crippen LogP contribution in [0.25, 0.3) is 0 Å². The number of amides is 1. The summed E-state index contributed by atoms with van der Waals surface area (Å²) >= 11 is 0. The summed E-state index contributed by atoms with van der Waals surface area (Å²) in [7, 11) is 4.95. The van der Waals surface area contributed by atoms with Gasteiger partial charge in [0.2, 0.25) is 7.85 Å². The van der Waals surface area contributed by atoms with E-state index < -0.39 is 17.8 Å². The molecule has 0 bridgehead atoms. The van der Waals surface area contributed by atoms with E-state index in [1.807, 2.05) is 0 Å². The molecule has 11 heavy (non-hydrogen) atoms. The molecule has 1 unspecified atom stereocenters. The van der Waals surface area contributed by atoms with Crippen molar-refractivity contribution in [3.05, 3.63) is 0 Å². The summed E-state index contributed by atoms with van der Waals surface area (Å²) in [6.45, 7) is 0.465. The van der Waals surface area contributed by atoms with Crippen molar-refractivity contribution in [3.63, 3.8) is 0 Å². The molecule has 0 aromatic heterocycles. The van der Waals surface area contributed by atoms with Crippen LogP contribution in [-0.4, -0.2) is 42.2 Å². The van der Waals surface area contributed by atoms with Crippen LogP contribution in [0.4, 0.5) is 4.79 Å². The largest absolute Gasteiger partial charge is 0.480 e. The molecular weight excluding hydrogens is 145 g/mol. The van der Waals surface area contributed by atoms with Crippen molar-refractivity contribution < 1.29 is 14.7 Å². The van der Waals surface area contributed by atoms with Gasteiger partial charge in [0, 0.05) is 6.54 Å². The normalized spacial score (nSPS) is 23.6. The number of carboxylic acid groups (broad SMARTS) is 1. The summed E-state index contributed by atoms with van der Waals surface area (Å²) in [6.07, 6.45) is 1.23. The Balaban J connectivity index is 2.65. The molecule has 2 radical (unpaired) electrons. The fourth-order valence-electron chi connectivity index (χ4n) is 1.29. The average molecular weight is 153 g/mol. The second-order valence-electron chi connectivity index (χ2n) is 2.53. The van der Waals surface area contributed by atoms with Gasteiger partial charge in [0.1, 0.15) is 6.04 Å². The molecule has 1 atom stereocenters. The average Bonchev–Trinajstić information content (AvgIpc) is 2.32. The Morgan fingerprint density at radius 2 is 2.18 bits per heavy atom. The van der Waals surface area contributed by atoms with Gasteiger partial charge >= 0.3 is 5.97 Å². The summed E-state index contributed by atoms with van der Waals surface area (Å²) < 4.78 is 0. The minimum Gasteiger partial charge on any atom is -0.480 e. The van der Waals surface area contributed by atoms with Gasteiger partial charge in [-0.25, -0.2) is 4.79 Å². The van der Waals surface area contributed by atoms with Crippen LogP contribution in [-0.2, 0) is 4.79 Å². The molecule has 0 aromatic carbocycles. The minimum absolute atomic E-state index is 0.465. The van der Waals surface area contributed by atoms with E-state index in [0.29, 0.717) is 13.0 Å². The maximum atomic E-state index is 10.6. The van der Waals surface area contributed by atoms with E-state index in [1.54, 1.807) is 0 Å². The first kappa shape index (κ1) is 8.10. The fraction of sp³-hybridized carbons (Fsp3) is 0.667. The molecule has 1 aliphatic heterocycles. The van der Waals surface area contributed by atoms with E-state index in [0.717, 1.165) is 6.42 Å². The van der Waals surface area contributed by atoms with Crippen molar-refractivity contribution in [1.82, 2.24) is 4.90 Å². The highest BCUT2D eigenvalue weighted by atomic mass is 16.4. The van der Waals surface area contributed by atoms with Crippen LogP contribution in [0.15, 0.2) is 0 Å². The number of nitrogens with zero attached hydrogens (tertiary/aromatic N) is 1. The van der Waals surface area contributed by atoms with Crippen LogP contribution < -0.4 is 0 Å². The molecule has 1 fully saturated rings. The molecule has 0 spiro atoms. The highest BCUT2D eigenvalue weighted by molar-refractivity contribution is 6.57. The zero-order chi connectivity index (χ0) is 8.43. The lowest BCUT2D eigenvalue weighted by atomic mass is 10.1. The van der Waals surface area contributed by atoms with Crippen molar-refractivity contribution in [2.45, 2.75) is 18.9 Å². The standard InChI is InChI=1S/C6H8BNO3/c7-6(11)8-3-1-2-4(8)5(9)10/h4H,1-3H2,(H,9,10). The molecular formula is C6H8BNO3. The second kappa shape index (κ2) is 2.94. The molecule has 1 saturated heterocycles. The van der Waals surface area contributed by atoms with Crippen LogP contribution in [0.2, 0.25) is 0 Å². The van der Waals surface area contributed by atoms with E-state index in [9.17, 15) is 9.59 Å². The van der Waals surface area contributed by atoms with Crippen molar-refractivity contribution >= 4 is 19.6 Å². The summed E-state index contributed by atoms with van der Waals surface area (Å²) in [6, 6.07) is -0.701. The zero-order valence-electron chi connectivity index (χ0n) is 5.99. The highest BCUT2D eigenvalue weighted by Crippen LogP contribution is 2.16. The smallest absolute Gasteiger partial charge is 0.326 e. The van der Waals surface area contributed by atoms with E-state index in [4.69, 9.17) is 13.0 Å². The Labute approximate surface area is 65.6 Å². The quantitative estimate of drug-likeness (QED) is 0.531. The second-order valence-corrected chi connectivity index (χ2v) is 2.53. The Bertz CT molecular complexity index is 174. The van der Waals surface area contributed by atoms with Crippen molar-refractivity contribution in [2.75, 3.05) is 6.54 Å². The van der Waals surface area contributed by atoms with E-state index in [2.05, 4.69) is 0 Å². The van der Waals surface area contributed by atoms with E-state index >= 15 is 0 Å². The third-order valence-corrected chi connectivity index (χ3v) is 1.82. The van der Waals surface area contributed by atoms with Gasteiger partial charge in [-0.1, -0.05) is 0 Å². The Morgan fingerprint density at radius 3 is 2.55 bits per heavy atom.